The Labute approximate surface area is 124 Å². The molecule has 0 saturated carbocycles. The lowest BCUT2D eigenvalue weighted by molar-refractivity contribution is 0.0695. The Balaban J connectivity index is 2.10. The van der Waals surface area contributed by atoms with Gasteiger partial charge in [-0.3, -0.25) is 9.78 Å². The van der Waals surface area contributed by atoms with E-state index in [0.717, 1.165) is 18.3 Å². The second kappa shape index (κ2) is 6.30. The number of hydrogen-bond donors (Lipinski definition) is 2. The number of aromatic nitrogens is 1. The third-order valence-electron chi connectivity index (χ3n) is 3.03. The standard InChI is InChI=1S/C15H12F2N2O3/c1-8(9-2-4-11(16)12(17)6-9)19-14(20)13-5-3-10(7-18-13)15(21)22/h2-8H,1H3,(H,19,20)(H,21,22). The van der Waals surface area contributed by atoms with Crippen LogP contribution in [0.3, 0.4) is 0 Å². The van der Waals surface area contributed by atoms with Gasteiger partial charge in [0.1, 0.15) is 5.69 Å². The van der Waals surface area contributed by atoms with Crippen molar-refractivity contribution in [2.75, 3.05) is 0 Å². The Morgan fingerprint density at radius 3 is 2.45 bits per heavy atom. The van der Waals surface area contributed by atoms with Gasteiger partial charge < -0.3 is 10.4 Å². The van der Waals surface area contributed by atoms with Gasteiger partial charge in [-0.1, -0.05) is 6.07 Å². The summed E-state index contributed by atoms with van der Waals surface area (Å²) in [4.78, 5) is 26.4. The Hall–Kier alpha value is -2.83. The first-order chi connectivity index (χ1) is 10.4. The van der Waals surface area contributed by atoms with Crippen molar-refractivity contribution in [2.45, 2.75) is 13.0 Å². The maximum Gasteiger partial charge on any atom is 0.337 e. The van der Waals surface area contributed by atoms with Crippen LogP contribution >= 0.6 is 0 Å². The minimum atomic E-state index is -1.14. The second-order valence-corrected chi connectivity index (χ2v) is 4.61. The lowest BCUT2D eigenvalue weighted by Crippen LogP contribution is -2.27. The summed E-state index contributed by atoms with van der Waals surface area (Å²) in [6, 6.07) is 5.31. The number of rotatable bonds is 4. The minimum Gasteiger partial charge on any atom is -0.478 e. The Bertz CT molecular complexity index is 717. The number of carbonyl (C=O) groups is 2. The van der Waals surface area contributed by atoms with Crippen molar-refractivity contribution in [2.24, 2.45) is 0 Å². The van der Waals surface area contributed by atoms with E-state index in [2.05, 4.69) is 10.3 Å². The highest BCUT2D eigenvalue weighted by Gasteiger charge is 2.15. The van der Waals surface area contributed by atoms with E-state index in [1.807, 2.05) is 0 Å². The summed E-state index contributed by atoms with van der Waals surface area (Å²) in [5.41, 5.74) is 0.388. The van der Waals surface area contributed by atoms with Gasteiger partial charge in [0, 0.05) is 6.20 Å². The Morgan fingerprint density at radius 1 is 1.18 bits per heavy atom. The number of nitrogens with zero attached hydrogens (tertiary/aromatic N) is 1. The highest BCUT2D eigenvalue weighted by Crippen LogP contribution is 2.16. The molecule has 0 aliphatic carbocycles. The fourth-order valence-electron chi connectivity index (χ4n) is 1.79. The molecule has 0 radical (unpaired) electrons. The zero-order valence-electron chi connectivity index (χ0n) is 11.5. The molecule has 22 heavy (non-hydrogen) atoms. The SMILES string of the molecule is CC(NC(=O)c1ccc(C(=O)O)cn1)c1ccc(F)c(F)c1. The maximum atomic E-state index is 13.2. The first-order valence-electron chi connectivity index (χ1n) is 6.33. The third kappa shape index (κ3) is 3.43. The van der Waals surface area contributed by atoms with Gasteiger partial charge in [0.15, 0.2) is 11.6 Å². The Kier molecular flexibility index (Phi) is 4.45. The lowest BCUT2D eigenvalue weighted by atomic mass is 10.1. The van der Waals surface area contributed by atoms with Crippen molar-refractivity contribution < 1.29 is 23.5 Å². The van der Waals surface area contributed by atoms with E-state index in [0.29, 0.717) is 5.56 Å². The van der Waals surface area contributed by atoms with Crippen LogP contribution in [0.1, 0.15) is 39.4 Å². The predicted molar refractivity (Wildman–Crippen MR) is 73.4 cm³/mol. The van der Waals surface area contributed by atoms with Crippen molar-refractivity contribution in [1.82, 2.24) is 10.3 Å². The van der Waals surface area contributed by atoms with E-state index in [4.69, 9.17) is 5.11 Å². The number of nitrogens with one attached hydrogen (secondary N) is 1. The van der Waals surface area contributed by atoms with E-state index >= 15 is 0 Å². The molecule has 1 atom stereocenters. The van der Waals surface area contributed by atoms with Crippen molar-refractivity contribution >= 4 is 11.9 Å². The number of aromatic carboxylic acids is 1. The second-order valence-electron chi connectivity index (χ2n) is 4.61. The quantitative estimate of drug-likeness (QED) is 0.910. The van der Waals surface area contributed by atoms with E-state index in [-0.39, 0.29) is 11.3 Å². The topological polar surface area (TPSA) is 79.3 Å². The molecular weight excluding hydrogens is 294 g/mol. The molecule has 0 aliphatic rings. The van der Waals surface area contributed by atoms with Crippen LogP contribution in [0, 0.1) is 11.6 Å². The number of carboxylic acids is 1. The lowest BCUT2D eigenvalue weighted by Gasteiger charge is -2.14. The van der Waals surface area contributed by atoms with Crippen LogP contribution in [0.25, 0.3) is 0 Å². The van der Waals surface area contributed by atoms with Crippen LogP contribution in [0.4, 0.5) is 8.78 Å². The number of hydrogen-bond acceptors (Lipinski definition) is 3. The molecule has 1 unspecified atom stereocenters. The van der Waals surface area contributed by atoms with Crippen LogP contribution in [0.15, 0.2) is 36.5 Å². The summed E-state index contributed by atoms with van der Waals surface area (Å²) in [5, 5.41) is 11.3. The highest BCUT2D eigenvalue weighted by molar-refractivity contribution is 5.93. The molecule has 2 N–H and O–H groups in total. The van der Waals surface area contributed by atoms with Crippen LogP contribution in [0.2, 0.25) is 0 Å². The van der Waals surface area contributed by atoms with E-state index in [9.17, 15) is 18.4 Å². The molecule has 2 aromatic rings. The number of carboxylic acid groups (broad SMARTS) is 1. The summed E-state index contributed by atoms with van der Waals surface area (Å²) >= 11 is 0. The van der Waals surface area contributed by atoms with Crippen molar-refractivity contribution in [3.05, 3.63) is 65.0 Å². The van der Waals surface area contributed by atoms with Crippen molar-refractivity contribution in [3.63, 3.8) is 0 Å². The van der Waals surface area contributed by atoms with Crippen LogP contribution in [0.5, 0.6) is 0 Å². The Morgan fingerprint density at radius 2 is 1.91 bits per heavy atom. The van der Waals surface area contributed by atoms with Crippen LogP contribution < -0.4 is 5.32 Å². The highest BCUT2D eigenvalue weighted by atomic mass is 19.2. The molecule has 1 aromatic heterocycles. The molecule has 0 aliphatic heterocycles. The number of pyridine rings is 1. The molecule has 5 nitrogen and oxygen atoms in total. The molecule has 1 amide bonds. The summed E-state index contributed by atoms with van der Waals surface area (Å²) in [7, 11) is 0. The van der Waals surface area contributed by atoms with Gasteiger partial charge in [-0.2, -0.15) is 0 Å². The largest absolute Gasteiger partial charge is 0.478 e. The summed E-state index contributed by atoms with van der Waals surface area (Å²) in [5.74, 6) is -3.65. The van der Waals surface area contributed by atoms with E-state index < -0.39 is 29.6 Å². The molecule has 7 heteroatoms. The molecular formula is C15H12F2N2O3. The minimum absolute atomic E-state index is 0.0273. The molecule has 2 rings (SSSR count). The summed E-state index contributed by atoms with van der Waals surface area (Å²) < 4.78 is 26.0. The van der Waals surface area contributed by atoms with Crippen LogP contribution in [-0.4, -0.2) is 22.0 Å². The van der Waals surface area contributed by atoms with E-state index in [1.54, 1.807) is 6.92 Å². The zero-order valence-corrected chi connectivity index (χ0v) is 11.5. The van der Waals surface area contributed by atoms with Gasteiger partial charge >= 0.3 is 5.97 Å². The monoisotopic (exact) mass is 306 g/mol. The van der Waals surface area contributed by atoms with Gasteiger partial charge in [0.2, 0.25) is 0 Å². The van der Waals surface area contributed by atoms with Crippen molar-refractivity contribution in [1.29, 1.82) is 0 Å². The first-order valence-corrected chi connectivity index (χ1v) is 6.33. The third-order valence-corrected chi connectivity index (χ3v) is 3.03. The zero-order chi connectivity index (χ0) is 16.3. The van der Waals surface area contributed by atoms with Crippen LogP contribution in [-0.2, 0) is 0 Å². The molecule has 0 saturated heterocycles. The molecule has 0 bridgehead atoms. The maximum absolute atomic E-state index is 13.2. The fourth-order valence-corrected chi connectivity index (χ4v) is 1.79. The summed E-state index contributed by atoms with van der Waals surface area (Å²) in [6.07, 6.45) is 1.07. The first kappa shape index (κ1) is 15.6. The molecule has 0 spiro atoms. The van der Waals surface area contributed by atoms with Gasteiger partial charge in [0.05, 0.1) is 11.6 Å². The molecule has 114 valence electrons. The number of halogens is 2. The normalized spacial score (nSPS) is 11.8. The van der Waals surface area contributed by atoms with E-state index in [1.165, 1.54) is 18.2 Å². The van der Waals surface area contributed by atoms with Crippen molar-refractivity contribution in [3.8, 4) is 0 Å². The average Bonchev–Trinajstić information content (AvgIpc) is 2.50. The molecule has 0 fully saturated rings. The van der Waals surface area contributed by atoms with Gasteiger partial charge in [-0.25, -0.2) is 13.6 Å². The number of carbonyl (C=O) groups excluding carboxylic acids is 1. The molecule has 1 heterocycles. The summed E-state index contributed by atoms with van der Waals surface area (Å²) in [6.45, 7) is 1.61. The number of amides is 1. The van der Waals surface area contributed by atoms with Gasteiger partial charge in [0.25, 0.3) is 5.91 Å². The average molecular weight is 306 g/mol. The molecule has 1 aromatic carbocycles. The smallest absolute Gasteiger partial charge is 0.337 e. The fraction of sp³-hybridized carbons (Fsp3) is 0.133. The predicted octanol–water partition coefficient (Wildman–Crippen LogP) is 2.55. The van der Waals surface area contributed by atoms with Gasteiger partial charge in [-0.05, 0) is 36.8 Å². The van der Waals surface area contributed by atoms with Gasteiger partial charge in [-0.15, -0.1) is 0 Å². The number of benzene rings is 1.